The monoisotopic (exact) mass is 260 g/mol. The minimum Gasteiger partial charge on any atom is -0.340 e. The van der Waals surface area contributed by atoms with Crippen molar-refractivity contribution in [2.45, 2.75) is 37.0 Å². The first kappa shape index (κ1) is 12.8. The summed E-state index contributed by atoms with van der Waals surface area (Å²) in [4.78, 5) is 13.7. The maximum Gasteiger partial charge on any atom is 0.239 e. The second kappa shape index (κ2) is 4.94. The second-order valence-corrected chi connectivity index (χ2v) is 7.30. The lowest BCUT2D eigenvalue weighted by Crippen LogP contribution is -2.52. The van der Waals surface area contributed by atoms with Gasteiger partial charge in [0.25, 0.3) is 0 Å². The van der Waals surface area contributed by atoms with Crippen LogP contribution in [0.15, 0.2) is 0 Å². The Bertz CT molecular complexity index is 394. The van der Waals surface area contributed by atoms with Crippen molar-refractivity contribution < 1.29 is 13.2 Å². The molecule has 0 aromatic heterocycles. The maximum absolute atomic E-state index is 12.0. The summed E-state index contributed by atoms with van der Waals surface area (Å²) in [5.41, 5.74) is 0. The van der Waals surface area contributed by atoms with E-state index in [4.69, 9.17) is 0 Å². The van der Waals surface area contributed by atoms with Gasteiger partial charge in [-0.2, -0.15) is 0 Å². The predicted molar refractivity (Wildman–Crippen MR) is 65.5 cm³/mol. The summed E-state index contributed by atoms with van der Waals surface area (Å²) in [6.07, 6.45) is 3.24. The van der Waals surface area contributed by atoms with Crippen molar-refractivity contribution in [1.82, 2.24) is 10.2 Å². The fourth-order valence-corrected chi connectivity index (χ4v) is 4.53. The summed E-state index contributed by atoms with van der Waals surface area (Å²) >= 11 is 0. The van der Waals surface area contributed by atoms with Crippen LogP contribution in [-0.4, -0.2) is 56.4 Å². The molecular formula is C11H20N2O3S. The van der Waals surface area contributed by atoms with Gasteiger partial charge >= 0.3 is 0 Å². The molecule has 0 bridgehead atoms. The Kier molecular flexibility index (Phi) is 3.73. The summed E-state index contributed by atoms with van der Waals surface area (Å²) in [6.45, 7) is 1.09. The van der Waals surface area contributed by atoms with Crippen LogP contribution in [0.25, 0.3) is 0 Å². The number of hydrogen-bond donors (Lipinski definition) is 1. The average Bonchev–Trinajstić information content (AvgIpc) is 2.61. The van der Waals surface area contributed by atoms with Gasteiger partial charge in [-0.25, -0.2) is 8.42 Å². The zero-order valence-electron chi connectivity index (χ0n) is 10.2. The van der Waals surface area contributed by atoms with Gasteiger partial charge in [0.2, 0.25) is 5.91 Å². The number of rotatable bonds is 3. The number of carbonyl (C=O) groups is 1. The first-order chi connectivity index (χ1) is 8.04. The van der Waals surface area contributed by atoms with Crippen LogP contribution in [0.2, 0.25) is 0 Å². The Morgan fingerprint density at radius 3 is 2.71 bits per heavy atom. The van der Waals surface area contributed by atoms with Gasteiger partial charge in [-0.1, -0.05) is 0 Å². The highest BCUT2D eigenvalue weighted by molar-refractivity contribution is 7.92. The van der Waals surface area contributed by atoms with Crippen molar-refractivity contribution in [2.24, 2.45) is 0 Å². The Balaban J connectivity index is 2.01. The number of amides is 1. The lowest BCUT2D eigenvalue weighted by atomic mass is 10.0. The van der Waals surface area contributed by atoms with Gasteiger partial charge in [0.05, 0.1) is 17.0 Å². The van der Waals surface area contributed by atoms with E-state index in [1.165, 1.54) is 0 Å². The molecule has 2 heterocycles. The standard InChI is InChI=1S/C11H20N2O3S/c1-12-10-5-2-6-13(11(10)14)8-9-4-3-7-17(9,15)16/h9-10,12H,2-8H2,1H3. The number of carbonyl (C=O) groups excluding carboxylic acids is 1. The fraction of sp³-hybridized carbons (Fsp3) is 0.909. The molecule has 0 aromatic carbocycles. The molecule has 1 N–H and O–H groups in total. The number of hydrogen-bond acceptors (Lipinski definition) is 4. The van der Waals surface area contributed by atoms with E-state index in [1.54, 1.807) is 11.9 Å². The van der Waals surface area contributed by atoms with Crippen LogP contribution < -0.4 is 5.32 Å². The van der Waals surface area contributed by atoms with Gasteiger partial charge < -0.3 is 10.2 Å². The van der Waals surface area contributed by atoms with Crippen molar-refractivity contribution in [3.63, 3.8) is 0 Å². The Hall–Kier alpha value is -0.620. The van der Waals surface area contributed by atoms with Crippen LogP contribution in [0, 0.1) is 0 Å². The first-order valence-corrected chi connectivity index (χ1v) is 7.94. The summed E-state index contributed by atoms with van der Waals surface area (Å²) in [7, 11) is -1.17. The summed E-state index contributed by atoms with van der Waals surface area (Å²) in [5, 5.41) is 2.66. The maximum atomic E-state index is 12.0. The number of nitrogens with one attached hydrogen (secondary N) is 1. The molecule has 17 heavy (non-hydrogen) atoms. The highest BCUT2D eigenvalue weighted by atomic mass is 32.2. The van der Waals surface area contributed by atoms with Gasteiger partial charge in [0.15, 0.2) is 9.84 Å². The normalized spacial score (nSPS) is 33.0. The molecule has 98 valence electrons. The highest BCUT2D eigenvalue weighted by Gasteiger charge is 2.36. The third-order valence-corrected chi connectivity index (χ3v) is 6.02. The Morgan fingerprint density at radius 1 is 1.35 bits per heavy atom. The van der Waals surface area contributed by atoms with Crippen molar-refractivity contribution >= 4 is 15.7 Å². The van der Waals surface area contributed by atoms with E-state index >= 15 is 0 Å². The van der Waals surface area contributed by atoms with Crippen LogP contribution in [0.3, 0.4) is 0 Å². The highest BCUT2D eigenvalue weighted by Crippen LogP contribution is 2.22. The van der Waals surface area contributed by atoms with E-state index in [9.17, 15) is 13.2 Å². The van der Waals surface area contributed by atoms with Gasteiger partial charge in [-0.3, -0.25) is 4.79 Å². The molecule has 0 saturated carbocycles. The third kappa shape index (κ3) is 2.63. The average molecular weight is 260 g/mol. The van der Waals surface area contributed by atoms with Crippen molar-refractivity contribution in [3.8, 4) is 0 Å². The van der Waals surface area contributed by atoms with Gasteiger partial charge in [0, 0.05) is 13.1 Å². The van der Waals surface area contributed by atoms with Gasteiger partial charge in [-0.15, -0.1) is 0 Å². The predicted octanol–water partition coefficient (Wildman–Crippen LogP) is -0.226. The van der Waals surface area contributed by atoms with E-state index < -0.39 is 9.84 Å². The quantitative estimate of drug-likeness (QED) is 0.761. The van der Waals surface area contributed by atoms with Crippen LogP contribution in [0.1, 0.15) is 25.7 Å². The third-order valence-electron chi connectivity index (χ3n) is 3.77. The smallest absolute Gasteiger partial charge is 0.239 e. The first-order valence-electron chi connectivity index (χ1n) is 6.22. The lowest BCUT2D eigenvalue weighted by molar-refractivity contribution is -0.135. The lowest BCUT2D eigenvalue weighted by Gasteiger charge is -2.33. The molecule has 2 atom stereocenters. The van der Waals surface area contributed by atoms with E-state index in [1.807, 2.05) is 0 Å². The number of nitrogens with zero attached hydrogens (tertiary/aromatic N) is 1. The molecule has 2 unspecified atom stereocenters. The van der Waals surface area contributed by atoms with Crippen molar-refractivity contribution in [3.05, 3.63) is 0 Å². The van der Waals surface area contributed by atoms with E-state index in [2.05, 4.69) is 5.32 Å². The molecule has 2 aliphatic heterocycles. The van der Waals surface area contributed by atoms with E-state index in [0.29, 0.717) is 19.5 Å². The molecule has 2 fully saturated rings. The molecule has 6 heteroatoms. The minimum atomic E-state index is -2.95. The largest absolute Gasteiger partial charge is 0.340 e. The molecule has 5 nitrogen and oxygen atoms in total. The van der Waals surface area contributed by atoms with Crippen LogP contribution in [0.4, 0.5) is 0 Å². The van der Waals surface area contributed by atoms with Crippen molar-refractivity contribution in [1.29, 1.82) is 0 Å². The topological polar surface area (TPSA) is 66.5 Å². The Morgan fingerprint density at radius 2 is 2.12 bits per heavy atom. The van der Waals surface area contributed by atoms with Crippen LogP contribution in [0.5, 0.6) is 0 Å². The van der Waals surface area contributed by atoms with Gasteiger partial charge in [-0.05, 0) is 32.7 Å². The molecule has 1 amide bonds. The molecule has 2 saturated heterocycles. The molecular weight excluding hydrogens is 240 g/mol. The number of sulfone groups is 1. The van der Waals surface area contributed by atoms with Crippen LogP contribution in [-0.2, 0) is 14.6 Å². The number of piperidine rings is 1. The number of likely N-dealkylation sites (tertiary alicyclic amines) is 1. The molecule has 0 spiro atoms. The van der Waals surface area contributed by atoms with E-state index in [-0.39, 0.29) is 23.0 Å². The summed E-state index contributed by atoms with van der Waals surface area (Å²) in [5.74, 6) is 0.343. The molecule has 0 aromatic rings. The molecule has 2 rings (SSSR count). The molecule has 0 aliphatic carbocycles. The molecule has 0 radical (unpaired) electrons. The zero-order chi connectivity index (χ0) is 12.5. The van der Waals surface area contributed by atoms with Gasteiger partial charge in [0.1, 0.15) is 0 Å². The molecule has 2 aliphatic rings. The Labute approximate surface area is 102 Å². The van der Waals surface area contributed by atoms with Crippen molar-refractivity contribution in [2.75, 3.05) is 25.9 Å². The summed E-state index contributed by atoms with van der Waals surface area (Å²) in [6, 6.07) is -0.132. The summed E-state index contributed by atoms with van der Waals surface area (Å²) < 4.78 is 23.5. The fourth-order valence-electron chi connectivity index (χ4n) is 2.70. The number of likely N-dealkylation sites (N-methyl/N-ethyl adjacent to an activating group) is 1. The zero-order valence-corrected chi connectivity index (χ0v) is 11.0. The second-order valence-electron chi connectivity index (χ2n) is 4.90. The van der Waals surface area contributed by atoms with Crippen LogP contribution >= 0.6 is 0 Å². The SMILES string of the molecule is CNC1CCCN(CC2CCCS2(=O)=O)C1=O. The minimum absolute atomic E-state index is 0.0563. The van der Waals surface area contributed by atoms with E-state index in [0.717, 1.165) is 19.3 Å².